The van der Waals surface area contributed by atoms with Crippen molar-refractivity contribution in [1.29, 1.82) is 0 Å². The molecule has 1 aliphatic rings. The molecule has 0 unspecified atom stereocenters. The Morgan fingerprint density at radius 1 is 1.24 bits per heavy atom. The zero-order chi connectivity index (χ0) is 18.4. The van der Waals surface area contributed by atoms with Crippen molar-refractivity contribution < 1.29 is 14.6 Å². The van der Waals surface area contributed by atoms with Gasteiger partial charge in [-0.2, -0.15) is 0 Å². The summed E-state index contributed by atoms with van der Waals surface area (Å²) in [6, 6.07) is 10.2. The minimum atomic E-state index is -0.487. The molecule has 2 rings (SSSR count). The van der Waals surface area contributed by atoms with Gasteiger partial charge in [-0.3, -0.25) is 0 Å². The molecule has 140 valence electrons. The molecule has 0 aliphatic heterocycles. The van der Waals surface area contributed by atoms with Crippen LogP contribution in [0.15, 0.2) is 30.3 Å². The van der Waals surface area contributed by atoms with E-state index in [1.54, 1.807) is 0 Å². The van der Waals surface area contributed by atoms with E-state index in [0.717, 1.165) is 24.8 Å². The predicted octanol–water partition coefficient (Wildman–Crippen LogP) is 3.53. The summed E-state index contributed by atoms with van der Waals surface area (Å²) in [6.45, 7) is 7.67. The van der Waals surface area contributed by atoms with Gasteiger partial charge in [0.15, 0.2) is 0 Å². The van der Waals surface area contributed by atoms with E-state index in [1.807, 2.05) is 51.1 Å². The van der Waals surface area contributed by atoms with Crippen molar-refractivity contribution in [2.45, 2.75) is 83.2 Å². The molecule has 4 atom stereocenters. The van der Waals surface area contributed by atoms with E-state index in [0.29, 0.717) is 6.42 Å². The summed E-state index contributed by atoms with van der Waals surface area (Å²) in [7, 11) is 0. The van der Waals surface area contributed by atoms with Crippen LogP contribution in [0.25, 0.3) is 0 Å². The molecule has 3 N–H and O–H groups in total. The van der Waals surface area contributed by atoms with Crippen LogP contribution in [0.2, 0.25) is 0 Å². The van der Waals surface area contributed by atoms with Gasteiger partial charge >= 0.3 is 6.09 Å². The summed E-state index contributed by atoms with van der Waals surface area (Å²) in [5.41, 5.74) is 0.449. The topological polar surface area (TPSA) is 70.6 Å². The Labute approximate surface area is 151 Å². The van der Waals surface area contributed by atoms with Crippen molar-refractivity contribution in [3.8, 4) is 0 Å². The first-order chi connectivity index (χ1) is 11.7. The first-order valence-electron chi connectivity index (χ1n) is 9.23. The van der Waals surface area contributed by atoms with Crippen LogP contribution >= 0.6 is 0 Å². The van der Waals surface area contributed by atoms with Crippen LogP contribution < -0.4 is 10.6 Å². The van der Waals surface area contributed by atoms with Crippen molar-refractivity contribution in [2.24, 2.45) is 0 Å². The summed E-state index contributed by atoms with van der Waals surface area (Å²) < 4.78 is 5.36. The fraction of sp³-hybridized carbons (Fsp3) is 0.650. The number of rotatable bonds is 6. The molecular formula is C20H32N2O3. The number of hydrogen-bond donors (Lipinski definition) is 3. The standard InChI is InChI=1S/C20H32N2O3/c1-14(13-18(23)15-9-6-5-7-10-15)21-16-11-8-12-17(16)22-19(24)25-20(2,3)4/h5-7,9-10,14,16-18,21,23H,8,11-13H2,1-4H3,(H,22,24)/t14-,16-,17+,18+/m1/s1. The van der Waals surface area contributed by atoms with Gasteiger partial charge in [-0.1, -0.05) is 30.3 Å². The third kappa shape index (κ3) is 6.67. The highest BCUT2D eigenvalue weighted by Crippen LogP contribution is 2.23. The largest absolute Gasteiger partial charge is 0.444 e. The highest BCUT2D eigenvalue weighted by atomic mass is 16.6. The minimum absolute atomic E-state index is 0.0752. The highest BCUT2D eigenvalue weighted by molar-refractivity contribution is 5.68. The smallest absolute Gasteiger partial charge is 0.407 e. The van der Waals surface area contributed by atoms with Gasteiger partial charge in [-0.15, -0.1) is 0 Å². The van der Waals surface area contributed by atoms with Crippen molar-refractivity contribution >= 4 is 6.09 Å². The zero-order valence-electron chi connectivity index (χ0n) is 15.8. The average Bonchev–Trinajstić information content (AvgIpc) is 2.92. The number of alkyl carbamates (subject to hydrolysis) is 1. The number of carbonyl (C=O) groups is 1. The molecule has 5 nitrogen and oxygen atoms in total. The number of aliphatic hydroxyl groups is 1. The fourth-order valence-corrected chi connectivity index (χ4v) is 3.37. The lowest BCUT2D eigenvalue weighted by atomic mass is 10.0. The van der Waals surface area contributed by atoms with Gasteiger partial charge < -0.3 is 20.5 Å². The lowest BCUT2D eigenvalue weighted by Crippen LogP contribution is -2.50. The van der Waals surface area contributed by atoms with Crippen LogP contribution in [0.4, 0.5) is 4.79 Å². The van der Waals surface area contributed by atoms with Gasteiger partial charge in [-0.25, -0.2) is 4.79 Å². The fourth-order valence-electron chi connectivity index (χ4n) is 3.37. The van der Waals surface area contributed by atoms with Gasteiger partial charge in [0.2, 0.25) is 0 Å². The summed E-state index contributed by atoms with van der Waals surface area (Å²) in [6.07, 6.45) is 2.84. The molecule has 25 heavy (non-hydrogen) atoms. The maximum absolute atomic E-state index is 12.0. The molecular weight excluding hydrogens is 316 g/mol. The van der Waals surface area contributed by atoms with Gasteiger partial charge in [0, 0.05) is 18.1 Å². The van der Waals surface area contributed by atoms with Crippen LogP contribution in [0.1, 0.15) is 65.0 Å². The third-order valence-electron chi connectivity index (χ3n) is 4.48. The van der Waals surface area contributed by atoms with Crippen molar-refractivity contribution in [3.05, 3.63) is 35.9 Å². The van der Waals surface area contributed by atoms with Crippen LogP contribution in [0.5, 0.6) is 0 Å². The van der Waals surface area contributed by atoms with Crippen LogP contribution in [-0.2, 0) is 4.74 Å². The normalized spacial score (nSPS) is 23.1. The Hall–Kier alpha value is -1.59. The molecule has 1 fully saturated rings. The molecule has 0 saturated heterocycles. The number of nitrogens with one attached hydrogen (secondary N) is 2. The summed E-state index contributed by atoms with van der Waals surface area (Å²) in [4.78, 5) is 12.0. The maximum Gasteiger partial charge on any atom is 0.407 e. The Balaban J connectivity index is 1.82. The van der Waals surface area contributed by atoms with E-state index in [4.69, 9.17) is 4.74 Å². The monoisotopic (exact) mass is 348 g/mol. The number of hydrogen-bond acceptors (Lipinski definition) is 4. The summed E-state index contributed by atoms with van der Waals surface area (Å²) in [5, 5.41) is 16.9. The average molecular weight is 348 g/mol. The van der Waals surface area contributed by atoms with E-state index >= 15 is 0 Å². The first-order valence-corrected chi connectivity index (χ1v) is 9.23. The van der Waals surface area contributed by atoms with Crippen LogP contribution in [0.3, 0.4) is 0 Å². The minimum Gasteiger partial charge on any atom is -0.444 e. The Kier molecular flexibility index (Phi) is 6.85. The molecule has 0 aromatic heterocycles. The van der Waals surface area contributed by atoms with E-state index in [2.05, 4.69) is 17.6 Å². The second-order valence-electron chi connectivity index (χ2n) is 8.02. The van der Waals surface area contributed by atoms with Crippen LogP contribution in [-0.4, -0.2) is 34.9 Å². The van der Waals surface area contributed by atoms with Crippen LogP contribution in [0, 0.1) is 0 Å². The molecule has 5 heteroatoms. The zero-order valence-corrected chi connectivity index (χ0v) is 15.8. The molecule has 0 heterocycles. The first kappa shape index (κ1) is 19.7. The molecule has 1 aliphatic carbocycles. The molecule has 1 aromatic rings. The van der Waals surface area contributed by atoms with Crippen molar-refractivity contribution in [3.63, 3.8) is 0 Å². The molecule has 0 radical (unpaired) electrons. The molecule has 1 amide bonds. The number of amides is 1. The number of benzene rings is 1. The SMILES string of the molecule is C[C@H](C[C@H](O)c1ccccc1)N[C@@H]1CCC[C@@H]1NC(=O)OC(C)(C)C. The summed E-state index contributed by atoms with van der Waals surface area (Å²) >= 11 is 0. The number of carbonyl (C=O) groups excluding carboxylic acids is 1. The molecule has 0 spiro atoms. The predicted molar refractivity (Wildman–Crippen MR) is 99.4 cm³/mol. The molecule has 1 saturated carbocycles. The second-order valence-corrected chi connectivity index (χ2v) is 8.02. The maximum atomic E-state index is 12.0. The van der Waals surface area contributed by atoms with Gasteiger partial charge in [0.05, 0.1) is 6.10 Å². The van der Waals surface area contributed by atoms with Gasteiger partial charge in [0.1, 0.15) is 5.60 Å². The highest BCUT2D eigenvalue weighted by Gasteiger charge is 2.31. The van der Waals surface area contributed by atoms with Gasteiger partial charge in [-0.05, 0) is 58.9 Å². The molecule has 1 aromatic carbocycles. The van der Waals surface area contributed by atoms with E-state index in [1.165, 1.54) is 0 Å². The van der Waals surface area contributed by atoms with Gasteiger partial charge in [0.25, 0.3) is 0 Å². The van der Waals surface area contributed by atoms with E-state index in [-0.39, 0.29) is 24.2 Å². The lowest BCUT2D eigenvalue weighted by Gasteiger charge is -2.28. The molecule has 0 bridgehead atoms. The van der Waals surface area contributed by atoms with Crippen molar-refractivity contribution in [2.75, 3.05) is 0 Å². The Morgan fingerprint density at radius 2 is 1.88 bits per heavy atom. The quantitative estimate of drug-likeness (QED) is 0.735. The van der Waals surface area contributed by atoms with E-state index < -0.39 is 11.7 Å². The number of aliphatic hydroxyl groups excluding tert-OH is 1. The Morgan fingerprint density at radius 3 is 2.52 bits per heavy atom. The van der Waals surface area contributed by atoms with Crippen molar-refractivity contribution in [1.82, 2.24) is 10.6 Å². The number of ether oxygens (including phenoxy) is 1. The van der Waals surface area contributed by atoms with E-state index in [9.17, 15) is 9.90 Å². The Bertz CT molecular complexity index is 542. The third-order valence-corrected chi connectivity index (χ3v) is 4.48. The second kappa shape index (κ2) is 8.68. The summed E-state index contributed by atoms with van der Waals surface area (Å²) in [5.74, 6) is 0. The lowest BCUT2D eigenvalue weighted by molar-refractivity contribution is 0.0495.